The lowest BCUT2D eigenvalue weighted by atomic mass is 9.81. The fraction of sp³-hybridized carbons (Fsp3) is 0.846. The Morgan fingerprint density at radius 1 is 1.15 bits per heavy atom. The molecule has 1 amide bonds. The van der Waals surface area contributed by atoms with Crippen LogP contribution in [0.1, 0.15) is 38.5 Å². The second-order valence-electron chi connectivity index (χ2n) is 6.10. The zero-order valence-corrected chi connectivity index (χ0v) is 11.0. The Bertz CT molecular complexity index is 448. The smallest absolute Gasteiger partial charge is 0.357 e. The summed E-state index contributed by atoms with van der Waals surface area (Å²) in [6.45, 7) is -0.516. The molecule has 20 heavy (non-hydrogen) atoms. The van der Waals surface area contributed by atoms with Gasteiger partial charge in [0.15, 0.2) is 11.4 Å². The van der Waals surface area contributed by atoms with Crippen LogP contribution in [0.25, 0.3) is 0 Å². The quantitative estimate of drug-likeness (QED) is 0.684. The van der Waals surface area contributed by atoms with Crippen molar-refractivity contribution in [1.29, 1.82) is 0 Å². The lowest BCUT2D eigenvalue weighted by Crippen LogP contribution is -2.68. The van der Waals surface area contributed by atoms with E-state index in [1.165, 1.54) is 0 Å². The van der Waals surface area contributed by atoms with Crippen LogP contribution in [0.15, 0.2) is 0 Å². The molecule has 0 aromatic heterocycles. The number of halogens is 3. The van der Waals surface area contributed by atoms with E-state index in [9.17, 15) is 22.8 Å². The maximum absolute atomic E-state index is 12.3. The number of likely N-dealkylation sites (tertiary alicyclic amines) is 1. The first-order valence-corrected chi connectivity index (χ1v) is 6.86. The number of Topliss-reactive ketones (excluding diaryl/α,β-unsaturated/α-hetero) is 1. The van der Waals surface area contributed by atoms with Gasteiger partial charge in [0.25, 0.3) is 0 Å². The van der Waals surface area contributed by atoms with Crippen LogP contribution in [0.5, 0.6) is 0 Å². The van der Waals surface area contributed by atoms with Gasteiger partial charge in [-0.05, 0) is 12.8 Å². The van der Waals surface area contributed by atoms with Crippen LogP contribution in [0.4, 0.5) is 13.2 Å². The lowest BCUT2D eigenvalue weighted by molar-refractivity contribution is -0.216. The molecule has 2 aliphatic heterocycles. The van der Waals surface area contributed by atoms with Gasteiger partial charge < -0.3 is 9.64 Å². The molecule has 4 nitrogen and oxygen atoms in total. The zero-order valence-electron chi connectivity index (χ0n) is 11.0. The molecule has 0 atom stereocenters. The van der Waals surface area contributed by atoms with Gasteiger partial charge in [-0.2, -0.15) is 13.2 Å². The third-order valence-electron chi connectivity index (χ3n) is 4.59. The minimum Gasteiger partial charge on any atom is -0.357 e. The first-order valence-electron chi connectivity index (χ1n) is 6.86. The minimum absolute atomic E-state index is 0.148. The van der Waals surface area contributed by atoms with Gasteiger partial charge in [0.1, 0.15) is 0 Å². The average Bonchev–Trinajstić information content (AvgIpc) is 2.59. The molecule has 3 rings (SSSR count). The molecule has 2 spiro atoms. The van der Waals surface area contributed by atoms with Crippen molar-refractivity contribution in [2.24, 2.45) is 0 Å². The van der Waals surface area contributed by atoms with Gasteiger partial charge >= 0.3 is 12.1 Å². The van der Waals surface area contributed by atoms with Crippen molar-refractivity contribution in [2.45, 2.75) is 55.9 Å². The predicted octanol–water partition coefficient (Wildman–Crippen LogP) is 1.82. The number of rotatable bonds is 0. The maximum Gasteiger partial charge on any atom is 0.471 e. The molecule has 3 aliphatic rings. The Morgan fingerprint density at radius 2 is 1.75 bits per heavy atom. The largest absolute Gasteiger partial charge is 0.471 e. The predicted molar refractivity (Wildman–Crippen MR) is 61.9 cm³/mol. The Hall–Kier alpha value is -1.11. The fourth-order valence-corrected chi connectivity index (χ4v) is 3.57. The number of carbonyl (C=O) groups excluding carboxylic acids is 2. The van der Waals surface area contributed by atoms with E-state index >= 15 is 0 Å². The normalized spacial score (nSPS) is 27.9. The monoisotopic (exact) mass is 291 g/mol. The SMILES string of the molecule is O=C(N1CC2(C1)OC1(CCCCC1)CC2=O)C(F)(F)F. The highest BCUT2D eigenvalue weighted by Crippen LogP contribution is 2.48. The minimum atomic E-state index is -4.88. The Balaban J connectivity index is 1.68. The van der Waals surface area contributed by atoms with E-state index in [1.54, 1.807) is 0 Å². The van der Waals surface area contributed by atoms with Crippen molar-refractivity contribution in [2.75, 3.05) is 13.1 Å². The Labute approximate surface area is 114 Å². The zero-order chi connectivity index (χ0) is 14.6. The summed E-state index contributed by atoms with van der Waals surface area (Å²) in [4.78, 5) is 23.9. The van der Waals surface area contributed by atoms with E-state index in [-0.39, 0.29) is 25.3 Å². The summed E-state index contributed by atoms with van der Waals surface area (Å²) in [7, 11) is 0. The van der Waals surface area contributed by atoms with E-state index in [4.69, 9.17) is 4.74 Å². The van der Waals surface area contributed by atoms with Crippen LogP contribution in [0.2, 0.25) is 0 Å². The number of hydrogen-bond donors (Lipinski definition) is 0. The van der Waals surface area contributed by atoms with Gasteiger partial charge in [0.05, 0.1) is 18.7 Å². The van der Waals surface area contributed by atoms with Crippen molar-refractivity contribution in [3.8, 4) is 0 Å². The van der Waals surface area contributed by atoms with Crippen molar-refractivity contribution >= 4 is 11.7 Å². The third kappa shape index (κ3) is 2.03. The van der Waals surface area contributed by atoms with Crippen molar-refractivity contribution in [3.05, 3.63) is 0 Å². The number of hydrogen-bond acceptors (Lipinski definition) is 3. The third-order valence-corrected chi connectivity index (χ3v) is 4.59. The first kappa shape index (κ1) is 13.9. The molecule has 0 bridgehead atoms. The molecule has 112 valence electrons. The van der Waals surface area contributed by atoms with Gasteiger partial charge in [-0.1, -0.05) is 19.3 Å². The van der Waals surface area contributed by atoms with E-state index in [1.807, 2.05) is 0 Å². The lowest BCUT2D eigenvalue weighted by Gasteiger charge is -2.47. The van der Waals surface area contributed by atoms with E-state index < -0.39 is 23.3 Å². The molecule has 0 aromatic carbocycles. The summed E-state index contributed by atoms with van der Waals surface area (Å²) in [6.07, 6.45) is 0.0301. The van der Waals surface area contributed by atoms with Gasteiger partial charge in [-0.15, -0.1) is 0 Å². The number of ketones is 1. The van der Waals surface area contributed by atoms with E-state index in [0.29, 0.717) is 4.90 Å². The van der Waals surface area contributed by atoms with E-state index in [0.717, 1.165) is 32.1 Å². The number of amides is 1. The van der Waals surface area contributed by atoms with Crippen LogP contribution < -0.4 is 0 Å². The van der Waals surface area contributed by atoms with Gasteiger partial charge in [0, 0.05) is 6.42 Å². The summed E-state index contributed by atoms with van der Waals surface area (Å²) >= 11 is 0. The molecular weight excluding hydrogens is 275 g/mol. The summed E-state index contributed by atoms with van der Waals surface area (Å²) in [5, 5.41) is 0. The second kappa shape index (κ2) is 4.19. The molecule has 2 saturated heterocycles. The molecule has 0 unspecified atom stereocenters. The van der Waals surface area contributed by atoms with Crippen LogP contribution >= 0.6 is 0 Å². The number of nitrogens with zero attached hydrogens (tertiary/aromatic N) is 1. The maximum atomic E-state index is 12.3. The van der Waals surface area contributed by atoms with E-state index in [2.05, 4.69) is 0 Å². The molecule has 1 aliphatic carbocycles. The summed E-state index contributed by atoms with van der Waals surface area (Å²) < 4.78 is 42.9. The fourth-order valence-electron chi connectivity index (χ4n) is 3.57. The Kier molecular flexibility index (Phi) is 2.90. The molecule has 3 fully saturated rings. The number of ether oxygens (including phenoxy) is 1. The molecule has 1 saturated carbocycles. The molecule has 2 heterocycles. The van der Waals surface area contributed by atoms with Crippen molar-refractivity contribution < 1.29 is 27.5 Å². The first-order chi connectivity index (χ1) is 9.27. The highest BCUT2D eigenvalue weighted by molar-refractivity contribution is 5.95. The highest BCUT2D eigenvalue weighted by Gasteiger charge is 2.63. The molecule has 0 N–H and O–H groups in total. The van der Waals surface area contributed by atoms with Crippen LogP contribution in [0.3, 0.4) is 0 Å². The second-order valence-corrected chi connectivity index (χ2v) is 6.10. The summed E-state index contributed by atoms with van der Waals surface area (Å²) in [5.74, 6) is -2.03. The van der Waals surface area contributed by atoms with Crippen LogP contribution in [-0.4, -0.2) is 47.1 Å². The number of carbonyl (C=O) groups is 2. The summed E-state index contributed by atoms with van der Waals surface area (Å²) in [6, 6.07) is 0. The molecule has 7 heteroatoms. The topological polar surface area (TPSA) is 46.6 Å². The molecular formula is C13H16F3NO3. The standard InChI is InChI=1S/C13H16F3NO3/c14-13(15,16)10(19)17-7-12(8-17)9(18)6-11(20-12)4-2-1-3-5-11/h1-8H2. The van der Waals surface area contributed by atoms with Crippen molar-refractivity contribution in [1.82, 2.24) is 4.90 Å². The Morgan fingerprint density at radius 3 is 2.30 bits per heavy atom. The molecule has 0 aromatic rings. The molecule has 0 radical (unpaired) electrons. The highest BCUT2D eigenvalue weighted by atomic mass is 19.4. The van der Waals surface area contributed by atoms with Gasteiger partial charge in [-0.3, -0.25) is 9.59 Å². The van der Waals surface area contributed by atoms with Crippen LogP contribution in [-0.2, 0) is 14.3 Å². The van der Waals surface area contributed by atoms with Gasteiger partial charge in [-0.25, -0.2) is 0 Å². The van der Waals surface area contributed by atoms with Crippen molar-refractivity contribution in [3.63, 3.8) is 0 Å². The number of alkyl halides is 3. The summed E-state index contributed by atoms with van der Waals surface area (Å²) in [5.41, 5.74) is -1.65. The van der Waals surface area contributed by atoms with Gasteiger partial charge in [0.2, 0.25) is 0 Å². The van der Waals surface area contributed by atoms with Crippen LogP contribution in [0, 0.1) is 0 Å². The average molecular weight is 291 g/mol.